The summed E-state index contributed by atoms with van der Waals surface area (Å²) in [6, 6.07) is 4.41. The Morgan fingerprint density at radius 2 is 1.80 bits per heavy atom. The molecule has 0 spiro atoms. The van der Waals surface area contributed by atoms with E-state index in [1.807, 2.05) is 0 Å². The fraction of sp³-hybridized carbons (Fsp3) is 0.500. The lowest BCUT2D eigenvalue weighted by molar-refractivity contribution is 0.541. The van der Waals surface area contributed by atoms with Crippen LogP contribution in [0.4, 0.5) is 0 Å². The quantitative estimate of drug-likeness (QED) is 0.851. The monoisotopic (exact) mass is 268 g/mol. The molecule has 1 aliphatic carbocycles. The molecule has 2 aromatic rings. The highest BCUT2D eigenvalue weighted by Crippen LogP contribution is 2.36. The van der Waals surface area contributed by atoms with Crippen LogP contribution in [-0.2, 0) is 18.4 Å². The molecule has 1 aliphatic rings. The van der Waals surface area contributed by atoms with Gasteiger partial charge in [-0.3, -0.25) is 4.98 Å². The van der Waals surface area contributed by atoms with E-state index in [4.69, 9.17) is 10.7 Å². The van der Waals surface area contributed by atoms with Gasteiger partial charge >= 0.3 is 0 Å². The second kappa shape index (κ2) is 4.56. The molecule has 0 saturated heterocycles. The Hall–Kier alpha value is -1.41. The van der Waals surface area contributed by atoms with Crippen LogP contribution in [0.2, 0.25) is 0 Å². The number of rotatable bonds is 1. The van der Waals surface area contributed by atoms with Gasteiger partial charge in [0.25, 0.3) is 0 Å². The molecule has 2 N–H and O–H groups in total. The van der Waals surface area contributed by atoms with E-state index in [9.17, 15) is 0 Å². The van der Waals surface area contributed by atoms with Gasteiger partial charge in [-0.2, -0.15) is 0 Å². The van der Waals surface area contributed by atoms with Gasteiger partial charge in [0.15, 0.2) is 0 Å². The molecule has 1 heterocycles. The summed E-state index contributed by atoms with van der Waals surface area (Å²) in [5.74, 6) is 0. The molecule has 0 saturated carbocycles. The van der Waals surface area contributed by atoms with Crippen molar-refractivity contribution in [1.82, 2.24) is 4.98 Å². The predicted molar refractivity (Wildman–Crippen MR) is 85.1 cm³/mol. The lowest BCUT2D eigenvalue weighted by Gasteiger charge is -2.29. The standard InChI is InChI=1S/C18H24N2/c1-11-9-10-14-16(18(3,4)19)13-7-5-6-8-15(13)20-17(14)12(11)2/h9-10H,5-8,19H2,1-4H3. The minimum Gasteiger partial charge on any atom is -0.322 e. The van der Waals surface area contributed by atoms with Crippen molar-refractivity contribution in [2.75, 3.05) is 0 Å². The maximum absolute atomic E-state index is 6.51. The van der Waals surface area contributed by atoms with E-state index >= 15 is 0 Å². The fourth-order valence-corrected chi connectivity index (χ4v) is 3.46. The molecule has 3 rings (SSSR count). The highest BCUT2D eigenvalue weighted by atomic mass is 14.8. The summed E-state index contributed by atoms with van der Waals surface area (Å²) in [5.41, 5.74) is 14.0. The third-order valence-electron chi connectivity index (χ3n) is 4.60. The highest BCUT2D eigenvalue weighted by Gasteiger charge is 2.26. The summed E-state index contributed by atoms with van der Waals surface area (Å²) in [7, 11) is 0. The zero-order valence-corrected chi connectivity index (χ0v) is 13.0. The third kappa shape index (κ3) is 2.03. The van der Waals surface area contributed by atoms with Crippen molar-refractivity contribution in [3.63, 3.8) is 0 Å². The summed E-state index contributed by atoms with van der Waals surface area (Å²) in [6.07, 6.45) is 4.73. The van der Waals surface area contributed by atoms with E-state index < -0.39 is 0 Å². The van der Waals surface area contributed by atoms with E-state index in [-0.39, 0.29) is 5.54 Å². The Bertz CT molecular complexity index is 678. The van der Waals surface area contributed by atoms with Crippen molar-refractivity contribution in [1.29, 1.82) is 0 Å². The Kier molecular flexibility index (Phi) is 3.09. The number of nitrogens with zero attached hydrogens (tertiary/aromatic N) is 1. The number of pyridine rings is 1. The Labute approximate surface area is 121 Å². The lowest BCUT2D eigenvalue weighted by atomic mass is 9.81. The summed E-state index contributed by atoms with van der Waals surface area (Å²) in [5, 5.41) is 1.25. The van der Waals surface area contributed by atoms with Crippen molar-refractivity contribution in [3.05, 3.63) is 40.1 Å². The summed E-state index contributed by atoms with van der Waals surface area (Å²) in [4.78, 5) is 4.99. The number of benzene rings is 1. The molecule has 0 unspecified atom stereocenters. The van der Waals surface area contributed by atoms with Crippen LogP contribution in [0.3, 0.4) is 0 Å². The van der Waals surface area contributed by atoms with E-state index in [2.05, 4.69) is 39.8 Å². The van der Waals surface area contributed by atoms with Gasteiger partial charge in [0.05, 0.1) is 5.52 Å². The van der Waals surface area contributed by atoms with Gasteiger partial charge in [-0.05, 0) is 75.6 Å². The number of fused-ring (bicyclic) bond motifs is 2. The predicted octanol–water partition coefficient (Wildman–Crippen LogP) is 3.92. The molecule has 106 valence electrons. The van der Waals surface area contributed by atoms with Crippen LogP contribution in [0, 0.1) is 13.8 Å². The third-order valence-corrected chi connectivity index (χ3v) is 4.60. The maximum atomic E-state index is 6.51. The number of hydrogen-bond donors (Lipinski definition) is 1. The van der Waals surface area contributed by atoms with Crippen molar-refractivity contribution >= 4 is 10.9 Å². The summed E-state index contributed by atoms with van der Waals surface area (Å²) in [6.45, 7) is 8.56. The Balaban J connectivity index is 2.45. The minimum absolute atomic E-state index is 0.315. The number of nitrogens with two attached hydrogens (primary N) is 1. The molecule has 0 fully saturated rings. The first-order valence-electron chi connectivity index (χ1n) is 7.60. The van der Waals surface area contributed by atoms with Gasteiger partial charge in [-0.25, -0.2) is 0 Å². The topological polar surface area (TPSA) is 38.9 Å². The molecule has 0 aliphatic heterocycles. The highest BCUT2D eigenvalue weighted by molar-refractivity contribution is 5.88. The van der Waals surface area contributed by atoms with E-state index in [0.717, 1.165) is 18.4 Å². The smallest absolute Gasteiger partial charge is 0.0740 e. The number of hydrogen-bond acceptors (Lipinski definition) is 2. The van der Waals surface area contributed by atoms with Crippen molar-refractivity contribution in [2.45, 2.75) is 58.9 Å². The first-order chi connectivity index (χ1) is 9.39. The van der Waals surface area contributed by atoms with E-state index in [1.165, 1.54) is 46.2 Å². The molecule has 0 bridgehead atoms. The normalized spacial score (nSPS) is 15.4. The van der Waals surface area contributed by atoms with Crippen molar-refractivity contribution in [2.24, 2.45) is 5.73 Å². The molecule has 2 nitrogen and oxygen atoms in total. The van der Waals surface area contributed by atoms with Crippen LogP contribution in [0.5, 0.6) is 0 Å². The molecule has 0 amide bonds. The zero-order chi connectivity index (χ0) is 14.5. The summed E-state index contributed by atoms with van der Waals surface area (Å²) >= 11 is 0. The molecule has 0 radical (unpaired) electrons. The lowest BCUT2D eigenvalue weighted by Crippen LogP contribution is -2.32. The molecule has 1 aromatic carbocycles. The second-order valence-corrected chi connectivity index (χ2v) is 6.74. The number of aromatic nitrogens is 1. The van der Waals surface area contributed by atoms with Gasteiger partial charge in [-0.15, -0.1) is 0 Å². The average Bonchev–Trinajstić information content (AvgIpc) is 2.39. The first kappa shape index (κ1) is 13.6. The summed E-state index contributed by atoms with van der Waals surface area (Å²) < 4.78 is 0. The Morgan fingerprint density at radius 1 is 1.10 bits per heavy atom. The van der Waals surface area contributed by atoms with Gasteiger partial charge in [-0.1, -0.05) is 12.1 Å². The molecule has 1 aromatic heterocycles. The Morgan fingerprint density at radius 3 is 2.50 bits per heavy atom. The zero-order valence-electron chi connectivity index (χ0n) is 13.0. The van der Waals surface area contributed by atoms with E-state index in [1.54, 1.807) is 0 Å². The van der Waals surface area contributed by atoms with Gasteiger partial charge < -0.3 is 5.73 Å². The number of aryl methyl sites for hydroxylation is 3. The second-order valence-electron chi connectivity index (χ2n) is 6.74. The SMILES string of the molecule is Cc1ccc2c(C(C)(C)N)c3c(nc2c1C)CCCC3. The largest absolute Gasteiger partial charge is 0.322 e. The van der Waals surface area contributed by atoms with Crippen molar-refractivity contribution in [3.8, 4) is 0 Å². The fourth-order valence-electron chi connectivity index (χ4n) is 3.46. The average molecular weight is 268 g/mol. The van der Waals surface area contributed by atoms with Crippen LogP contribution < -0.4 is 5.73 Å². The molecule has 0 atom stereocenters. The molecule has 20 heavy (non-hydrogen) atoms. The molecule has 2 heteroatoms. The van der Waals surface area contributed by atoms with Crippen molar-refractivity contribution < 1.29 is 0 Å². The van der Waals surface area contributed by atoms with Gasteiger partial charge in [0.1, 0.15) is 0 Å². The molecular formula is C18H24N2. The van der Waals surface area contributed by atoms with Crippen LogP contribution in [0.25, 0.3) is 10.9 Å². The van der Waals surface area contributed by atoms with Crippen LogP contribution in [0.1, 0.15) is 54.6 Å². The van der Waals surface area contributed by atoms with E-state index in [0.29, 0.717) is 0 Å². The van der Waals surface area contributed by atoms with Crippen LogP contribution in [-0.4, -0.2) is 4.98 Å². The van der Waals surface area contributed by atoms with Gasteiger partial charge in [0, 0.05) is 16.6 Å². The maximum Gasteiger partial charge on any atom is 0.0740 e. The van der Waals surface area contributed by atoms with Crippen LogP contribution in [0.15, 0.2) is 12.1 Å². The first-order valence-corrected chi connectivity index (χ1v) is 7.60. The van der Waals surface area contributed by atoms with Gasteiger partial charge in [0.2, 0.25) is 0 Å². The minimum atomic E-state index is -0.315. The van der Waals surface area contributed by atoms with Crippen LogP contribution >= 0.6 is 0 Å². The molecular weight excluding hydrogens is 244 g/mol.